The Bertz CT molecular complexity index is 458. The van der Waals surface area contributed by atoms with E-state index >= 15 is 0 Å². The predicted molar refractivity (Wildman–Crippen MR) is 85.5 cm³/mol. The molecule has 0 aromatic rings. The number of amides is 1. The molecule has 0 radical (unpaired) electrons. The first-order valence-corrected chi connectivity index (χ1v) is 9.16. The fraction of sp³-hybridized carbons (Fsp3) is 0.944. The van der Waals surface area contributed by atoms with E-state index in [9.17, 15) is 4.79 Å². The molecule has 1 amide bonds. The Kier molecular flexibility index (Phi) is 3.44. The topological polar surface area (TPSA) is 50.4 Å². The molecule has 22 heavy (non-hydrogen) atoms. The van der Waals surface area contributed by atoms with Crippen molar-refractivity contribution in [2.24, 2.45) is 23.7 Å². The lowest BCUT2D eigenvalue weighted by molar-refractivity contribution is 0.0521. The zero-order chi connectivity index (χ0) is 15.5. The Hall–Kier alpha value is -0.770. The average molecular weight is 306 g/mol. The van der Waals surface area contributed by atoms with Crippen molar-refractivity contribution in [2.45, 2.75) is 83.0 Å². The normalized spacial score (nSPS) is 45.7. The predicted octanol–water partition coefficient (Wildman–Crippen LogP) is 3.07. The van der Waals surface area contributed by atoms with Gasteiger partial charge in [0, 0.05) is 18.1 Å². The van der Waals surface area contributed by atoms with Crippen molar-refractivity contribution >= 4 is 6.09 Å². The monoisotopic (exact) mass is 306 g/mol. The molecule has 4 saturated carbocycles. The van der Waals surface area contributed by atoms with Crippen LogP contribution in [0.1, 0.15) is 59.3 Å². The van der Waals surface area contributed by atoms with Gasteiger partial charge in [0.25, 0.3) is 0 Å². The molecular weight excluding hydrogens is 276 g/mol. The number of carbonyl (C=O) groups is 1. The Balaban J connectivity index is 1.24. The Morgan fingerprint density at radius 2 is 1.73 bits per heavy atom. The highest BCUT2D eigenvalue weighted by Gasteiger charge is 2.55. The van der Waals surface area contributed by atoms with Crippen LogP contribution in [0.2, 0.25) is 0 Å². The van der Waals surface area contributed by atoms with Gasteiger partial charge in [-0.25, -0.2) is 4.79 Å². The summed E-state index contributed by atoms with van der Waals surface area (Å²) in [4.78, 5) is 11.8. The standard InChI is InChI=1S/C18H30N2O2/c1-18(2,3)22-17(21)20-16-9-15(16)19-14-8-10-7-13(14)12-6-4-5-11(10)12/h10-16,19H,4-9H2,1-3H3,(H,20,21). The van der Waals surface area contributed by atoms with Gasteiger partial charge in [0.15, 0.2) is 0 Å². The van der Waals surface area contributed by atoms with Crippen LogP contribution in [0.5, 0.6) is 0 Å². The Labute approximate surface area is 133 Å². The number of hydrogen-bond donors (Lipinski definition) is 2. The number of hydrogen-bond acceptors (Lipinski definition) is 3. The lowest BCUT2D eigenvalue weighted by atomic mass is 9.79. The molecule has 4 aliphatic rings. The van der Waals surface area contributed by atoms with Crippen LogP contribution in [-0.4, -0.2) is 29.8 Å². The van der Waals surface area contributed by atoms with E-state index in [0.717, 1.165) is 30.1 Å². The zero-order valence-electron chi connectivity index (χ0n) is 14.1. The molecule has 7 unspecified atom stereocenters. The summed E-state index contributed by atoms with van der Waals surface area (Å²) in [6.45, 7) is 5.72. The van der Waals surface area contributed by atoms with E-state index in [0.29, 0.717) is 12.1 Å². The average Bonchev–Trinajstić information content (AvgIpc) is 2.81. The van der Waals surface area contributed by atoms with Crippen LogP contribution in [0.15, 0.2) is 0 Å². The van der Waals surface area contributed by atoms with Crippen molar-refractivity contribution in [3.8, 4) is 0 Å². The van der Waals surface area contributed by atoms with Crippen LogP contribution in [0.25, 0.3) is 0 Å². The van der Waals surface area contributed by atoms with Crippen LogP contribution in [0.4, 0.5) is 4.79 Å². The fourth-order valence-electron chi connectivity index (χ4n) is 5.53. The summed E-state index contributed by atoms with van der Waals surface area (Å²) >= 11 is 0. The van der Waals surface area contributed by atoms with Crippen LogP contribution in [0, 0.1) is 23.7 Å². The minimum Gasteiger partial charge on any atom is -0.444 e. The molecule has 4 heteroatoms. The van der Waals surface area contributed by atoms with Gasteiger partial charge in [-0.05, 0) is 76.5 Å². The lowest BCUT2D eigenvalue weighted by Gasteiger charge is -2.32. The first kappa shape index (κ1) is 14.8. The van der Waals surface area contributed by atoms with Crippen LogP contribution >= 0.6 is 0 Å². The maximum Gasteiger partial charge on any atom is 0.407 e. The van der Waals surface area contributed by atoms with E-state index in [1.54, 1.807) is 0 Å². The Morgan fingerprint density at radius 1 is 0.955 bits per heavy atom. The van der Waals surface area contributed by atoms with E-state index in [1.807, 2.05) is 20.8 Å². The highest BCUT2D eigenvalue weighted by molar-refractivity contribution is 5.68. The third kappa shape index (κ3) is 2.75. The SMILES string of the molecule is CC(C)(C)OC(=O)NC1CC1NC1CC2CC1C1CCCC21. The van der Waals surface area contributed by atoms with E-state index in [-0.39, 0.29) is 12.1 Å². The highest BCUT2D eigenvalue weighted by atomic mass is 16.6. The number of alkyl carbamates (subject to hydrolysis) is 1. The third-order valence-electron chi connectivity index (χ3n) is 6.35. The molecule has 7 atom stereocenters. The van der Waals surface area contributed by atoms with Gasteiger partial charge in [0.1, 0.15) is 5.60 Å². The molecule has 2 bridgehead atoms. The molecule has 4 aliphatic carbocycles. The lowest BCUT2D eigenvalue weighted by Crippen LogP contribution is -2.43. The second-order valence-corrected chi connectivity index (χ2v) is 9.02. The number of ether oxygens (including phenoxy) is 1. The molecule has 0 saturated heterocycles. The van der Waals surface area contributed by atoms with Crippen molar-refractivity contribution in [3.05, 3.63) is 0 Å². The molecule has 4 rings (SSSR count). The van der Waals surface area contributed by atoms with Crippen LogP contribution < -0.4 is 10.6 Å². The van der Waals surface area contributed by atoms with E-state index in [1.165, 1.54) is 32.1 Å². The van der Waals surface area contributed by atoms with Gasteiger partial charge in [-0.2, -0.15) is 0 Å². The van der Waals surface area contributed by atoms with Crippen molar-refractivity contribution < 1.29 is 9.53 Å². The minimum atomic E-state index is -0.413. The summed E-state index contributed by atoms with van der Waals surface area (Å²) in [5.74, 6) is 3.97. The van der Waals surface area contributed by atoms with Crippen molar-refractivity contribution in [2.75, 3.05) is 0 Å². The molecule has 4 nitrogen and oxygen atoms in total. The molecule has 0 spiro atoms. The van der Waals surface area contributed by atoms with Gasteiger partial charge in [0.2, 0.25) is 0 Å². The maximum absolute atomic E-state index is 11.8. The molecule has 0 heterocycles. The van der Waals surface area contributed by atoms with Gasteiger partial charge in [0.05, 0.1) is 0 Å². The summed E-state index contributed by atoms with van der Waals surface area (Å²) in [6, 6.07) is 1.45. The maximum atomic E-state index is 11.8. The van der Waals surface area contributed by atoms with Crippen molar-refractivity contribution in [3.63, 3.8) is 0 Å². The van der Waals surface area contributed by atoms with Crippen LogP contribution in [0.3, 0.4) is 0 Å². The second-order valence-electron chi connectivity index (χ2n) is 9.02. The number of carbonyl (C=O) groups excluding carboxylic acids is 1. The van der Waals surface area contributed by atoms with Gasteiger partial charge < -0.3 is 15.4 Å². The van der Waals surface area contributed by atoms with E-state index < -0.39 is 5.60 Å². The van der Waals surface area contributed by atoms with Crippen LogP contribution in [-0.2, 0) is 4.74 Å². The molecule has 0 aromatic heterocycles. The molecular formula is C18H30N2O2. The molecule has 2 N–H and O–H groups in total. The quantitative estimate of drug-likeness (QED) is 0.842. The first-order valence-electron chi connectivity index (χ1n) is 9.16. The molecule has 124 valence electrons. The van der Waals surface area contributed by atoms with Crippen molar-refractivity contribution in [1.82, 2.24) is 10.6 Å². The number of fused-ring (bicyclic) bond motifs is 5. The molecule has 4 fully saturated rings. The molecule has 0 aromatic carbocycles. The number of rotatable bonds is 3. The molecule has 0 aliphatic heterocycles. The van der Waals surface area contributed by atoms with Gasteiger partial charge >= 0.3 is 6.09 Å². The summed E-state index contributed by atoms with van der Waals surface area (Å²) in [7, 11) is 0. The van der Waals surface area contributed by atoms with E-state index in [2.05, 4.69) is 10.6 Å². The van der Waals surface area contributed by atoms with Gasteiger partial charge in [-0.15, -0.1) is 0 Å². The summed E-state index contributed by atoms with van der Waals surface area (Å²) in [5, 5.41) is 6.85. The second kappa shape index (κ2) is 5.12. The fourth-order valence-corrected chi connectivity index (χ4v) is 5.53. The Morgan fingerprint density at radius 3 is 2.50 bits per heavy atom. The smallest absolute Gasteiger partial charge is 0.407 e. The first-order chi connectivity index (χ1) is 10.4. The number of nitrogens with one attached hydrogen (secondary N) is 2. The summed E-state index contributed by atoms with van der Waals surface area (Å²) in [6.07, 6.45) is 8.04. The van der Waals surface area contributed by atoms with Gasteiger partial charge in [-0.3, -0.25) is 0 Å². The third-order valence-corrected chi connectivity index (χ3v) is 6.35. The van der Waals surface area contributed by atoms with E-state index in [4.69, 9.17) is 4.74 Å². The van der Waals surface area contributed by atoms with Crippen molar-refractivity contribution in [1.29, 1.82) is 0 Å². The highest BCUT2D eigenvalue weighted by Crippen LogP contribution is 2.58. The largest absolute Gasteiger partial charge is 0.444 e. The summed E-state index contributed by atoms with van der Waals surface area (Å²) < 4.78 is 5.34. The summed E-state index contributed by atoms with van der Waals surface area (Å²) in [5.41, 5.74) is -0.413. The van der Waals surface area contributed by atoms with Gasteiger partial charge in [-0.1, -0.05) is 6.42 Å². The minimum absolute atomic E-state index is 0.272. The zero-order valence-corrected chi connectivity index (χ0v) is 14.1.